The van der Waals surface area contributed by atoms with Crippen molar-refractivity contribution in [2.45, 2.75) is 44.7 Å². The second-order valence-electron chi connectivity index (χ2n) is 4.93. The molecule has 0 unspecified atom stereocenters. The molecule has 0 aliphatic carbocycles. The Balaban J connectivity index is 1.84. The second-order valence-corrected chi connectivity index (χ2v) is 6.73. The van der Waals surface area contributed by atoms with Crippen molar-refractivity contribution in [1.82, 2.24) is 4.90 Å². The number of piperidine rings is 1. The topological polar surface area (TPSA) is 46.3 Å². The lowest BCUT2D eigenvalue weighted by molar-refractivity contribution is -0.134. The molecule has 2 atom stereocenters. The highest BCUT2D eigenvalue weighted by molar-refractivity contribution is 7.16. The highest BCUT2D eigenvalue weighted by Crippen LogP contribution is 2.23. The lowest BCUT2D eigenvalue weighted by atomic mass is 9.98. The van der Waals surface area contributed by atoms with Crippen LogP contribution >= 0.6 is 22.9 Å². The molecule has 2 N–H and O–H groups in total. The fraction of sp³-hybridized carbons (Fsp3) is 0.615. The van der Waals surface area contributed by atoms with Crippen LogP contribution in [0.4, 0.5) is 0 Å². The van der Waals surface area contributed by atoms with E-state index in [1.165, 1.54) is 4.88 Å². The van der Waals surface area contributed by atoms with Crippen molar-refractivity contribution in [3.63, 3.8) is 0 Å². The Labute approximate surface area is 117 Å². The SMILES string of the molecule is C[C@@H]1C[C@H](N)CCN1C(=O)CCc1ccc(Cl)s1. The van der Waals surface area contributed by atoms with Crippen LogP contribution in [0, 0.1) is 0 Å². The summed E-state index contributed by atoms with van der Waals surface area (Å²) < 4.78 is 0.787. The third-order valence-electron chi connectivity index (χ3n) is 3.45. The molecule has 0 spiro atoms. The lowest BCUT2D eigenvalue weighted by Gasteiger charge is -2.36. The van der Waals surface area contributed by atoms with Gasteiger partial charge in [0.25, 0.3) is 0 Å². The molecule has 2 heterocycles. The summed E-state index contributed by atoms with van der Waals surface area (Å²) in [7, 11) is 0. The quantitative estimate of drug-likeness (QED) is 0.928. The number of amides is 1. The average Bonchev–Trinajstić information content (AvgIpc) is 2.72. The number of aryl methyl sites for hydroxylation is 1. The van der Waals surface area contributed by atoms with E-state index in [0.29, 0.717) is 6.42 Å². The molecule has 100 valence electrons. The van der Waals surface area contributed by atoms with Crippen LogP contribution in [0.3, 0.4) is 0 Å². The van der Waals surface area contributed by atoms with Crippen LogP contribution in [0.15, 0.2) is 12.1 Å². The van der Waals surface area contributed by atoms with E-state index in [-0.39, 0.29) is 18.0 Å². The summed E-state index contributed by atoms with van der Waals surface area (Å²) in [6.07, 6.45) is 3.18. The lowest BCUT2D eigenvalue weighted by Crippen LogP contribution is -2.48. The van der Waals surface area contributed by atoms with Gasteiger partial charge in [0.15, 0.2) is 0 Å². The number of hydrogen-bond acceptors (Lipinski definition) is 3. The Morgan fingerprint density at radius 1 is 1.61 bits per heavy atom. The van der Waals surface area contributed by atoms with Gasteiger partial charge < -0.3 is 10.6 Å². The van der Waals surface area contributed by atoms with Gasteiger partial charge in [-0.25, -0.2) is 0 Å². The van der Waals surface area contributed by atoms with Gasteiger partial charge in [0.05, 0.1) is 4.34 Å². The van der Waals surface area contributed by atoms with Crippen LogP contribution in [0.1, 0.15) is 31.1 Å². The molecule has 3 nitrogen and oxygen atoms in total. The van der Waals surface area contributed by atoms with Crippen molar-refractivity contribution in [2.24, 2.45) is 5.73 Å². The number of nitrogens with zero attached hydrogens (tertiary/aromatic N) is 1. The van der Waals surface area contributed by atoms with Crippen LogP contribution in [0.25, 0.3) is 0 Å². The molecule has 0 saturated carbocycles. The van der Waals surface area contributed by atoms with Gasteiger partial charge in [-0.2, -0.15) is 0 Å². The van der Waals surface area contributed by atoms with E-state index < -0.39 is 0 Å². The second kappa shape index (κ2) is 6.04. The van der Waals surface area contributed by atoms with E-state index >= 15 is 0 Å². The largest absolute Gasteiger partial charge is 0.340 e. The Bertz CT molecular complexity index is 421. The minimum atomic E-state index is 0.235. The van der Waals surface area contributed by atoms with E-state index in [4.69, 9.17) is 17.3 Å². The highest BCUT2D eigenvalue weighted by Gasteiger charge is 2.26. The van der Waals surface area contributed by atoms with Gasteiger partial charge in [-0.05, 0) is 38.3 Å². The number of likely N-dealkylation sites (tertiary alicyclic amines) is 1. The molecule has 1 amide bonds. The Morgan fingerprint density at radius 2 is 2.39 bits per heavy atom. The van der Waals surface area contributed by atoms with Gasteiger partial charge in [-0.3, -0.25) is 4.79 Å². The average molecular weight is 287 g/mol. The third kappa shape index (κ3) is 3.46. The first-order chi connectivity index (χ1) is 8.56. The summed E-state index contributed by atoms with van der Waals surface area (Å²) in [5, 5.41) is 0. The van der Waals surface area contributed by atoms with Crippen LogP contribution in [0.2, 0.25) is 4.34 Å². The maximum atomic E-state index is 12.2. The highest BCUT2D eigenvalue weighted by atomic mass is 35.5. The molecule has 1 fully saturated rings. The van der Waals surface area contributed by atoms with Gasteiger partial charge in [0.2, 0.25) is 5.91 Å². The molecule has 18 heavy (non-hydrogen) atoms. The first-order valence-corrected chi connectivity index (χ1v) is 7.55. The number of hydrogen-bond donors (Lipinski definition) is 1. The molecule has 0 bridgehead atoms. The van der Waals surface area contributed by atoms with E-state index in [9.17, 15) is 4.79 Å². The number of rotatable bonds is 3. The maximum Gasteiger partial charge on any atom is 0.223 e. The molecule has 0 radical (unpaired) electrons. The molecule has 1 aliphatic heterocycles. The van der Waals surface area contributed by atoms with Crippen molar-refractivity contribution >= 4 is 28.8 Å². The number of nitrogens with two attached hydrogens (primary N) is 1. The van der Waals surface area contributed by atoms with Crippen LogP contribution in [-0.2, 0) is 11.2 Å². The van der Waals surface area contributed by atoms with Crippen molar-refractivity contribution < 1.29 is 4.79 Å². The molecule has 1 aromatic heterocycles. The fourth-order valence-corrected chi connectivity index (χ4v) is 3.53. The number of halogens is 1. The fourth-order valence-electron chi connectivity index (χ4n) is 2.44. The predicted octanol–water partition coefficient (Wildman–Crippen LogP) is 2.67. The minimum Gasteiger partial charge on any atom is -0.340 e. The van der Waals surface area contributed by atoms with Gasteiger partial charge in [0.1, 0.15) is 0 Å². The monoisotopic (exact) mass is 286 g/mol. The van der Waals surface area contributed by atoms with E-state index in [1.54, 1.807) is 11.3 Å². The molecular formula is C13H19ClN2OS. The van der Waals surface area contributed by atoms with Gasteiger partial charge in [0, 0.05) is 29.9 Å². The zero-order chi connectivity index (χ0) is 13.1. The third-order valence-corrected chi connectivity index (χ3v) is 4.74. The number of carbonyl (C=O) groups excluding carboxylic acids is 1. The summed E-state index contributed by atoms with van der Waals surface area (Å²) in [5.41, 5.74) is 5.90. The zero-order valence-electron chi connectivity index (χ0n) is 10.6. The molecule has 5 heteroatoms. The summed E-state index contributed by atoms with van der Waals surface area (Å²) in [5.74, 6) is 0.235. The summed E-state index contributed by atoms with van der Waals surface area (Å²) in [4.78, 5) is 15.3. The van der Waals surface area contributed by atoms with Crippen molar-refractivity contribution in [1.29, 1.82) is 0 Å². The van der Waals surface area contributed by atoms with E-state index in [0.717, 1.165) is 30.1 Å². The summed E-state index contributed by atoms with van der Waals surface area (Å²) in [6, 6.07) is 4.40. The van der Waals surface area contributed by atoms with Gasteiger partial charge in [-0.15, -0.1) is 11.3 Å². The van der Waals surface area contributed by atoms with Crippen molar-refractivity contribution in [3.8, 4) is 0 Å². The van der Waals surface area contributed by atoms with Gasteiger partial charge in [-0.1, -0.05) is 11.6 Å². The van der Waals surface area contributed by atoms with Crippen molar-refractivity contribution in [3.05, 3.63) is 21.3 Å². The predicted molar refractivity (Wildman–Crippen MR) is 76.0 cm³/mol. The smallest absolute Gasteiger partial charge is 0.223 e. The summed E-state index contributed by atoms with van der Waals surface area (Å²) in [6.45, 7) is 2.88. The van der Waals surface area contributed by atoms with Crippen LogP contribution < -0.4 is 5.73 Å². The van der Waals surface area contributed by atoms with Crippen LogP contribution in [-0.4, -0.2) is 29.4 Å². The Hall–Kier alpha value is -0.580. The zero-order valence-corrected chi connectivity index (χ0v) is 12.1. The molecule has 1 aromatic rings. The van der Waals surface area contributed by atoms with Crippen molar-refractivity contribution in [2.75, 3.05) is 6.54 Å². The maximum absolute atomic E-state index is 12.2. The first kappa shape index (κ1) is 13.8. The minimum absolute atomic E-state index is 0.235. The molecular weight excluding hydrogens is 268 g/mol. The Morgan fingerprint density at radius 3 is 3.00 bits per heavy atom. The van der Waals surface area contributed by atoms with E-state index in [1.807, 2.05) is 17.0 Å². The van der Waals surface area contributed by atoms with E-state index in [2.05, 4.69) is 6.92 Å². The molecule has 1 saturated heterocycles. The molecule has 1 aliphatic rings. The molecule has 2 rings (SSSR count). The summed E-state index contributed by atoms with van der Waals surface area (Å²) >= 11 is 7.43. The normalized spacial score (nSPS) is 24.3. The number of carbonyl (C=O) groups is 1. The standard InChI is InChI=1S/C13H19ClN2OS/c1-9-8-10(15)6-7-16(9)13(17)5-3-11-2-4-12(14)18-11/h2,4,9-10H,3,5-8,15H2,1H3/t9-,10-/m1/s1. The molecule has 0 aromatic carbocycles. The Kier molecular flexibility index (Phi) is 4.65. The first-order valence-electron chi connectivity index (χ1n) is 6.35. The van der Waals surface area contributed by atoms with Gasteiger partial charge >= 0.3 is 0 Å². The van der Waals surface area contributed by atoms with Crippen LogP contribution in [0.5, 0.6) is 0 Å². The number of thiophene rings is 1.